The molecule has 0 bridgehead atoms. The van der Waals surface area contributed by atoms with Crippen molar-refractivity contribution in [3.05, 3.63) is 11.9 Å². The van der Waals surface area contributed by atoms with Gasteiger partial charge in [0.1, 0.15) is 4.90 Å². The number of aromatic nitrogens is 2. The molecule has 0 spiro atoms. The van der Waals surface area contributed by atoms with E-state index in [-0.39, 0.29) is 29.6 Å². The SMILES string of the molecule is Cc1[nH]ncc1S(=O)(=O)N(CCC(=N)N)CC(C)C. The highest BCUT2D eigenvalue weighted by Gasteiger charge is 2.27. The van der Waals surface area contributed by atoms with E-state index in [9.17, 15) is 8.42 Å². The fourth-order valence-corrected chi connectivity index (χ4v) is 3.42. The van der Waals surface area contributed by atoms with Gasteiger partial charge in [-0.05, 0) is 12.8 Å². The van der Waals surface area contributed by atoms with Gasteiger partial charge in [0.15, 0.2) is 0 Å². The fraction of sp³-hybridized carbons (Fsp3) is 0.636. The molecule has 1 rings (SSSR count). The maximum Gasteiger partial charge on any atom is 0.246 e. The van der Waals surface area contributed by atoms with Gasteiger partial charge in [-0.25, -0.2) is 8.42 Å². The lowest BCUT2D eigenvalue weighted by atomic mass is 10.2. The van der Waals surface area contributed by atoms with Gasteiger partial charge in [-0.15, -0.1) is 0 Å². The van der Waals surface area contributed by atoms with Crippen molar-refractivity contribution < 1.29 is 8.42 Å². The van der Waals surface area contributed by atoms with Gasteiger partial charge in [0.2, 0.25) is 10.0 Å². The number of amidine groups is 1. The topological polar surface area (TPSA) is 116 Å². The lowest BCUT2D eigenvalue weighted by Gasteiger charge is -2.23. The highest BCUT2D eigenvalue weighted by atomic mass is 32.2. The van der Waals surface area contributed by atoms with E-state index in [0.717, 1.165) is 0 Å². The first-order chi connectivity index (χ1) is 8.75. The highest BCUT2D eigenvalue weighted by Crippen LogP contribution is 2.19. The Balaban J connectivity index is 3.02. The van der Waals surface area contributed by atoms with Crippen molar-refractivity contribution in [2.24, 2.45) is 11.7 Å². The van der Waals surface area contributed by atoms with Crippen LogP contribution >= 0.6 is 0 Å². The number of hydrogen-bond donors (Lipinski definition) is 3. The summed E-state index contributed by atoms with van der Waals surface area (Å²) in [5.74, 6) is 0.168. The fourth-order valence-electron chi connectivity index (χ4n) is 1.70. The summed E-state index contributed by atoms with van der Waals surface area (Å²) < 4.78 is 26.4. The largest absolute Gasteiger partial charge is 0.388 e. The quantitative estimate of drug-likeness (QED) is 0.505. The Morgan fingerprint density at radius 2 is 2.21 bits per heavy atom. The van der Waals surface area contributed by atoms with Crippen LogP contribution < -0.4 is 5.73 Å². The number of sulfonamides is 1. The molecule has 19 heavy (non-hydrogen) atoms. The molecular formula is C11H21N5O2S. The summed E-state index contributed by atoms with van der Waals surface area (Å²) in [6, 6.07) is 0. The van der Waals surface area contributed by atoms with Gasteiger partial charge < -0.3 is 5.73 Å². The van der Waals surface area contributed by atoms with Crippen LogP contribution in [0.25, 0.3) is 0 Å². The van der Waals surface area contributed by atoms with Crippen molar-refractivity contribution in [1.82, 2.24) is 14.5 Å². The molecule has 0 aromatic carbocycles. The molecule has 4 N–H and O–H groups in total. The van der Waals surface area contributed by atoms with Crippen LogP contribution in [0.15, 0.2) is 11.1 Å². The molecule has 0 atom stereocenters. The first-order valence-electron chi connectivity index (χ1n) is 6.08. The maximum absolute atomic E-state index is 12.5. The number of nitrogens with two attached hydrogens (primary N) is 1. The maximum atomic E-state index is 12.5. The summed E-state index contributed by atoms with van der Waals surface area (Å²) in [6.07, 6.45) is 1.54. The van der Waals surface area contributed by atoms with Crippen molar-refractivity contribution in [1.29, 1.82) is 5.41 Å². The minimum absolute atomic E-state index is 0.0205. The number of hydrogen-bond acceptors (Lipinski definition) is 4. The summed E-state index contributed by atoms with van der Waals surface area (Å²) in [5.41, 5.74) is 5.82. The molecule has 7 nitrogen and oxygen atoms in total. The Bertz CT molecular complexity index is 535. The zero-order valence-electron chi connectivity index (χ0n) is 11.5. The molecule has 1 aromatic rings. The van der Waals surface area contributed by atoms with Gasteiger partial charge in [0.25, 0.3) is 0 Å². The van der Waals surface area contributed by atoms with E-state index in [1.54, 1.807) is 6.92 Å². The van der Waals surface area contributed by atoms with E-state index < -0.39 is 10.0 Å². The van der Waals surface area contributed by atoms with Crippen LogP contribution in [0.5, 0.6) is 0 Å². The van der Waals surface area contributed by atoms with Crippen molar-refractivity contribution in [2.75, 3.05) is 13.1 Å². The Kier molecular flexibility index (Phi) is 5.07. The summed E-state index contributed by atoms with van der Waals surface area (Å²) in [6.45, 7) is 6.15. The average molecular weight is 287 g/mol. The molecule has 0 radical (unpaired) electrons. The molecular weight excluding hydrogens is 266 g/mol. The van der Waals surface area contributed by atoms with E-state index in [4.69, 9.17) is 11.1 Å². The van der Waals surface area contributed by atoms with Gasteiger partial charge >= 0.3 is 0 Å². The molecule has 0 saturated carbocycles. The first-order valence-corrected chi connectivity index (χ1v) is 7.52. The van der Waals surface area contributed by atoms with E-state index in [2.05, 4.69) is 10.2 Å². The highest BCUT2D eigenvalue weighted by molar-refractivity contribution is 7.89. The molecule has 0 unspecified atom stereocenters. The van der Waals surface area contributed by atoms with Crippen molar-refractivity contribution in [3.63, 3.8) is 0 Å². The number of rotatable bonds is 7. The molecule has 1 heterocycles. The number of H-pyrrole nitrogens is 1. The van der Waals surface area contributed by atoms with Crippen molar-refractivity contribution in [3.8, 4) is 0 Å². The predicted molar refractivity (Wildman–Crippen MR) is 73.5 cm³/mol. The second-order valence-electron chi connectivity index (χ2n) is 4.89. The number of nitrogens with one attached hydrogen (secondary N) is 2. The Labute approximate surface area is 113 Å². The van der Waals surface area contributed by atoms with Crippen molar-refractivity contribution in [2.45, 2.75) is 32.1 Å². The molecule has 0 saturated heterocycles. The molecule has 0 amide bonds. The Morgan fingerprint density at radius 3 is 2.63 bits per heavy atom. The smallest absolute Gasteiger partial charge is 0.246 e. The second-order valence-corrected chi connectivity index (χ2v) is 6.80. The van der Waals surface area contributed by atoms with Crippen LogP contribution in [0.1, 0.15) is 26.0 Å². The predicted octanol–water partition coefficient (Wildman–Crippen LogP) is 0.691. The third-order valence-corrected chi connectivity index (χ3v) is 4.58. The van der Waals surface area contributed by atoms with Crippen LogP contribution in [-0.4, -0.2) is 41.8 Å². The van der Waals surface area contributed by atoms with Crippen LogP contribution in [0.2, 0.25) is 0 Å². The monoisotopic (exact) mass is 287 g/mol. The first kappa shape index (κ1) is 15.6. The zero-order valence-corrected chi connectivity index (χ0v) is 12.3. The zero-order chi connectivity index (χ0) is 14.6. The number of nitrogens with zero attached hydrogens (tertiary/aromatic N) is 2. The lowest BCUT2D eigenvalue weighted by Crippen LogP contribution is -2.36. The van der Waals surface area contributed by atoms with Gasteiger partial charge in [-0.2, -0.15) is 9.40 Å². The molecule has 8 heteroatoms. The molecule has 0 aliphatic carbocycles. The minimum Gasteiger partial charge on any atom is -0.388 e. The summed E-state index contributed by atoms with van der Waals surface area (Å²) >= 11 is 0. The van der Waals surface area contributed by atoms with Gasteiger partial charge in [0.05, 0.1) is 17.7 Å². The van der Waals surface area contributed by atoms with E-state index in [0.29, 0.717) is 12.2 Å². The van der Waals surface area contributed by atoms with Crippen LogP contribution in [0.3, 0.4) is 0 Å². The molecule has 0 fully saturated rings. The van der Waals surface area contributed by atoms with Gasteiger partial charge in [-0.1, -0.05) is 13.8 Å². The van der Waals surface area contributed by atoms with Crippen LogP contribution in [0, 0.1) is 18.3 Å². The third-order valence-electron chi connectivity index (χ3n) is 2.60. The summed E-state index contributed by atoms with van der Waals surface area (Å²) in [4.78, 5) is 0.178. The summed E-state index contributed by atoms with van der Waals surface area (Å²) in [5, 5.41) is 13.6. The standard InChI is InChI=1S/C11H21N5O2S/c1-8(2)7-16(5-4-11(12)13)19(17,18)10-6-14-15-9(10)3/h6,8H,4-5,7H2,1-3H3,(H3,12,13)(H,14,15). The Morgan fingerprint density at radius 1 is 1.58 bits per heavy atom. The molecule has 108 valence electrons. The van der Waals surface area contributed by atoms with E-state index in [1.165, 1.54) is 10.5 Å². The molecule has 0 aliphatic rings. The Hall–Kier alpha value is -1.41. The van der Waals surface area contributed by atoms with E-state index in [1.807, 2.05) is 13.8 Å². The van der Waals surface area contributed by atoms with Gasteiger partial charge in [-0.3, -0.25) is 10.5 Å². The van der Waals surface area contributed by atoms with Crippen molar-refractivity contribution >= 4 is 15.9 Å². The van der Waals surface area contributed by atoms with Crippen LogP contribution in [-0.2, 0) is 10.0 Å². The molecule has 0 aliphatic heterocycles. The molecule has 1 aromatic heterocycles. The summed E-state index contributed by atoms with van der Waals surface area (Å²) in [7, 11) is -3.59. The van der Waals surface area contributed by atoms with E-state index >= 15 is 0 Å². The minimum atomic E-state index is -3.59. The lowest BCUT2D eigenvalue weighted by molar-refractivity contribution is 0.374. The second kappa shape index (κ2) is 6.16. The average Bonchev–Trinajstić information content (AvgIpc) is 2.70. The van der Waals surface area contributed by atoms with Gasteiger partial charge in [0, 0.05) is 19.5 Å². The number of aromatic amines is 1. The third kappa shape index (κ3) is 4.03. The van der Waals surface area contributed by atoms with Crippen LogP contribution in [0.4, 0.5) is 0 Å². The number of aryl methyl sites for hydroxylation is 1. The normalized spacial score (nSPS) is 12.3.